The van der Waals surface area contributed by atoms with Crippen molar-refractivity contribution in [2.45, 2.75) is 11.8 Å². The third-order valence-electron chi connectivity index (χ3n) is 1.63. The minimum absolute atomic E-state index is 0.151. The molecule has 0 aliphatic rings. The Morgan fingerprint density at radius 2 is 2.25 bits per heavy atom. The summed E-state index contributed by atoms with van der Waals surface area (Å²) in [5.74, 6) is 0.165. The lowest BCUT2D eigenvalue weighted by Gasteiger charge is -2.08. The number of ether oxygens (including phenoxy) is 1. The fourth-order valence-corrected chi connectivity index (χ4v) is 2.40. The first-order valence-electron chi connectivity index (χ1n) is 4.25. The van der Waals surface area contributed by atoms with Crippen LogP contribution in [-0.2, 0) is 10.0 Å². The Balaban J connectivity index is 3.41. The largest absolute Gasteiger partial charge is 0.493 e. The Morgan fingerprint density at radius 3 is 2.81 bits per heavy atom. The lowest BCUT2D eigenvalue weighted by Crippen LogP contribution is -2.01. The number of hydrogen-bond donors (Lipinski definition) is 0. The van der Waals surface area contributed by atoms with Crippen LogP contribution in [0.5, 0.6) is 5.75 Å². The molecule has 0 radical (unpaired) electrons. The highest BCUT2D eigenvalue weighted by Gasteiger charge is 2.18. The highest BCUT2D eigenvalue weighted by Crippen LogP contribution is 2.28. The van der Waals surface area contributed by atoms with E-state index in [4.69, 9.17) is 10.3 Å². The summed E-state index contributed by atoms with van der Waals surface area (Å²) >= 11 is 3.14. The number of benzene rings is 1. The van der Waals surface area contributed by atoms with Gasteiger partial charge < -0.3 is 4.74 Å². The van der Waals surface area contributed by atoms with Crippen LogP contribution in [0.2, 0.25) is 0 Å². The molecule has 0 fully saturated rings. The number of rotatable bonds is 4. The second kappa shape index (κ2) is 5.20. The van der Waals surface area contributed by atoms with Gasteiger partial charge in [-0.25, -0.2) is 8.42 Å². The molecule has 0 heterocycles. The third kappa shape index (κ3) is 2.88. The molecule has 1 aromatic carbocycles. The minimum atomic E-state index is -4.03. The van der Waals surface area contributed by atoms with E-state index in [-0.39, 0.29) is 10.6 Å². The molecule has 0 aliphatic heterocycles. The van der Waals surface area contributed by atoms with E-state index in [1.54, 1.807) is 13.0 Å². The molecule has 0 amide bonds. The van der Waals surface area contributed by atoms with Crippen molar-refractivity contribution in [1.82, 2.24) is 0 Å². The highest BCUT2D eigenvalue weighted by molar-refractivity contribution is 9.10. The van der Waals surface area contributed by atoms with Gasteiger partial charge in [0.1, 0.15) is 10.6 Å². The number of azide groups is 1. The van der Waals surface area contributed by atoms with Crippen LogP contribution < -0.4 is 4.74 Å². The normalized spacial score (nSPS) is 10.6. The smallest absolute Gasteiger partial charge is 0.268 e. The summed E-state index contributed by atoms with van der Waals surface area (Å²) < 4.78 is 31.6. The molecule has 0 bridgehead atoms. The number of halogens is 1. The zero-order valence-electron chi connectivity index (χ0n) is 8.29. The van der Waals surface area contributed by atoms with Crippen LogP contribution in [0.4, 0.5) is 0 Å². The topological polar surface area (TPSA) is 92.1 Å². The van der Waals surface area contributed by atoms with Crippen LogP contribution in [0.3, 0.4) is 0 Å². The van der Waals surface area contributed by atoms with Crippen molar-refractivity contribution < 1.29 is 13.2 Å². The van der Waals surface area contributed by atoms with Gasteiger partial charge in [-0.15, -0.1) is 0 Å². The van der Waals surface area contributed by atoms with Crippen LogP contribution in [0.1, 0.15) is 6.92 Å². The van der Waals surface area contributed by atoms with E-state index in [1.807, 2.05) is 0 Å². The van der Waals surface area contributed by atoms with Crippen molar-refractivity contribution in [3.05, 3.63) is 33.1 Å². The number of nitrogens with zero attached hydrogens (tertiary/aromatic N) is 3. The van der Waals surface area contributed by atoms with Gasteiger partial charge in [-0.2, -0.15) is 0 Å². The molecule has 86 valence electrons. The number of hydrogen-bond acceptors (Lipinski definition) is 3. The average Bonchev–Trinajstić information content (AvgIpc) is 2.21. The van der Waals surface area contributed by atoms with E-state index in [9.17, 15) is 8.42 Å². The minimum Gasteiger partial charge on any atom is -0.493 e. The SMILES string of the molecule is CCOc1ccc(Br)cc1S(=O)(=O)N=[N+]=[N-]. The Labute approximate surface area is 101 Å². The van der Waals surface area contributed by atoms with E-state index in [2.05, 4.69) is 25.4 Å². The molecule has 8 heteroatoms. The van der Waals surface area contributed by atoms with E-state index in [0.717, 1.165) is 0 Å². The standard InChI is InChI=1S/C8H8BrN3O3S/c1-2-15-7-4-3-6(9)5-8(7)16(13,14)12-11-10/h3-5H,2H2,1H3. The Morgan fingerprint density at radius 1 is 1.56 bits per heavy atom. The molecule has 1 rings (SSSR count). The van der Waals surface area contributed by atoms with Crippen molar-refractivity contribution in [3.8, 4) is 5.75 Å². The van der Waals surface area contributed by atoms with Crippen LogP contribution in [-0.4, -0.2) is 15.0 Å². The molecule has 0 saturated carbocycles. The molecular formula is C8H8BrN3O3S. The summed E-state index contributed by atoms with van der Waals surface area (Å²) in [5, 5.41) is 0. The summed E-state index contributed by atoms with van der Waals surface area (Å²) in [6, 6.07) is 4.46. The first-order chi connectivity index (χ1) is 7.51. The van der Waals surface area contributed by atoms with Gasteiger partial charge in [-0.1, -0.05) is 15.9 Å². The maximum Gasteiger partial charge on any atom is 0.268 e. The Hall–Kier alpha value is -1.24. The van der Waals surface area contributed by atoms with Crippen LogP contribution in [0.15, 0.2) is 32.1 Å². The van der Waals surface area contributed by atoms with Gasteiger partial charge in [0, 0.05) is 13.9 Å². The second-order valence-electron chi connectivity index (χ2n) is 2.67. The quantitative estimate of drug-likeness (QED) is 0.486. The van der Waals surface area contributed by atoms with E-state index >= 15 is 0 Å². The molecule has 6 nitrogen and oxygen atoms in total. The average molecular weight is 306 g/mol. The third-order valence-corrected chi connectivity index (χ3v) is 3.28. The molecular weight excluding hydrogens is 298 g/mol. The molecule has 0 aliphatic carbocycles. The Kier molecular flexibility index (Phi) is 4.17. The van der Waals surface area contributed by atoms with Crippen LogP contribution in [0, 0.1) is 0 Å². The molecule has 16 heavy (non-hydrogen) atoms. The summed E-state index contributed by atoms with van der Waals surface area (Å²) in [5.41, 5.74) is 8.18. The van der Waals surface area contributed by atoms with E-state index < -0.39 is 10.0 Å². The van der Waals surface area contributed by atoms with E-state index in [1.165, 1.54) is 12.1 Å². The maximum atomic E-state index is 11.6. The van der Waals surface area contributed by atoms with Crippen LogP contribution in [0.25, 0.3) is 10.4 Å². The molecule has 0 spiro atoms. The first kappa shape index (κ1) is 12.8. The van der Waals surface area contributed by atoms with E-state index in [0.29, 0.717) is 11.1 Å². The zero-order valence-corrected chi connectivity index (χ0v) is 10.7. The number of sulfonamides is 1. The monoisotopic (exact) mass is 305 g/mol. The molecule has 1 aromatic rings. The van der Waals surface area contributed by atoms with Gasteiger partial charge in [0.05, 0.1) is 6.61 Å². The van der Waals surface area contributed by atoms with Gasteiger partial charge in [0.25, 0.3) is 10.0 Å². The predicted molar refractivity (Wildman–Crippen MR) is 61.6 cm³/mol. The molecule has 0 saturated heterocycles. The molecule has 0 unspecified atom stereocenters. The van der Waals surface area contributed by atoms with Crippen molar-refractivity contribution in [2.24, 2.45) is 4.52 Å². The summed E-state index contributed by atoms with van der Waals surface area (Å²) in [6.45, 7) is 2.05. The lowest BCUT2D eigenvalue weighted by atomic mass is 10.3. The first-order valence-corrected chi connectivity index (χ1v) is 6.48. The summed E-state index contributed by atoms with van der Waals surface area (Å²) in [6.07, 6.45) is 0. The summed E-state index contributed by atoms with van der Waals surface area (Å²) in [4.78, 5) is 2.13. The van der Waals surface area contributed by atoms with Crippen molar-refractivity contribution in [3.63, 3.8) is 0 Å². The maximum absolute atomic E-state index is 11.6. The van der Waals surface area contributed by atoms with Crippen molar-refractivity contribution >= 4 is 26.0 Å². The fraction of sp³-hybridized carbons (Fsp3) is 0.250. The molecule has 0 N–H and O–H groups in total. The summed E-state index contributed by atoms with van der Waals surface area (Å²) in [7, 11) is -4.03. The Bertz CT molecular complexity index is 537. The van der Waals surface area contributed by atoms with Gasteiger partial charge >= 0.3 is 0 Å². The van der Waals surface area contributed by atoms with Crippen molar-refractivity contribution in [1.29, 1.82) is 0 Å². The van der Waals surface area contributed by atoms with Gasteiger partial charge in [0.15, 0.2) is 0 Å². The fourth-order valence-electron chi connectivity index (χ4n) is 1.05. The predicted octanol–water partition coefficient (Wildman–Crippen LogP) is 2.85. The van der Waals surface area contributed by atoms with Gasteiger partial charge in [-0.3, -0.25) is 0 Å². The molecule has 0 aromatic heterocycles. The van der Waals surface area contributed by atoms with Crippen molar-refractivity contribution in [2.75, 3.05) is 6.61 Å². The van der Waals surface area contributed by atoms with Gasteiger partial charge in [-0.05, 0) is 30.7 Å². The molecule has 0 atom stereocenters. The highest BCUT2D eigenvalue weighted by atomic mass is 79.9. The zero-order chi connectivity index (χ0) is 12.2. The van der Waals surface area contributed by atoms with Gasteiger partial charge in [0.2, 0.25) is 0 Å². The second-order valence-corrected chi connectivity index (χ2v) is 5.14. The lowest BCUT2D eigenvalue weighted by molar-refractivity contribution is 0.331. The van der Waals surface area contributed by atoms with Crippen LogP contribution >= 0.6 is 15.9 Å².